The van der Waals surface area contributed by atoms with Gasteiger partial charge in [-0.3, -0.25) is 14.4 Å². The molecule has 7 heteroatoms. The Morgan fingerprint density at radius 2 is 1.94 bits per heavy atom. The van der Waals surface area contributed by atoms with Crippen LogP contribution >= 0.6 is 0 Å². The predicted octanol–water partition coefficient (Wildman–Crippen LogP) is 3.68. The zero-order valence-corrected chi connectivity index (χ0v) is 20.8. The van der Waals surface area contributed by atoms with Gasteiger partial charge in [-0.2, -0.15) is 0 Å². The van der Waals surface area contributed by atoms with E-state index in [1.54, 1.807) is 6.92 Å². The fourth-order valence-electron chi connectivity index (χ4n) is 4.97. The maximum absolute atomic E-state index is 13.3. The van der Waals surface area contributed by atoms with E-state index in [0.29, 0.717) is 19.4 Å². The minimum Gasteiger partial charge on any atom is -0.466 e. The van der Waals surface area contributed by atoms with Crippen LogP contribution < -0.4 is 10.6 Å². The van der Waals surface area contributed by atoms with Gasteiger partial charge >= 0.3 is 5.97 Å². The quantitative estimate of drug-likeness (QED) is 0.470. The van der Waals surface area contributed by atoms with Gasteiger partial charge in [-0.15, -0.1) is 0 Å². The van der Waals surface area contributed by atoms with E-state index in [-0.39, 0.29) is 42.6 Å². The van der Waals surface area contributed by atoms with Crippen molar-refractivity contribution in [1.29, 1.82) is 0 Å². The lowest BCUT2D eigenvalue weighted by atomic mass is 9.91. The van der Waals surface area contributed by atoms with Gasteiger partial charge in [0, 0.05) is 30.5 Å². The number of hydrogen-bond acceptors (Lipinski definition) is 4. The topological polar surface area (TPSA) is 87.5 Å². The lowest BCUT2D eigenvalue weighted by Crippen LogP contribution is -2.49. The molecule has 1 aromatic rings. The molecule has 7 nitrogen and oxygen atoms in total. The second-order valence-corrected chi connectivity index (χ2v) is 9.85. The summed E-state index contributed by atoms with van der Waals surface area (Å²) in [5, 5.41) is 6.03. The highest BCUT2D eigenvalue weighted by molar-refractivity contribution is 5.90. The minimum absolute atomic E-state index is 0.0261. The van der Waals surface area contributed by atoms with Crippen LogP contribution in [-0.2, 0) is 19.1 Å². The largest absolute Gasteiger partial charge is 0.466 e. The summed E-state index contributed by atoms with van der Waals surface area (Å²) in [6, 6.07) is 7.64. The van der Waals surface area contributed by atoms with Crippen molar-refractivity contribution in [2.24, 2.45) is 11.8 Å². The van der Waals surface area contributed by atoms with Crippen LogP contribution in [0.15, 0.2) is 24.3 Å². The molecular formula is C27H40N3O4+. The molecule has 0 saturated heterocycles. The zero-order valence-electron chi connectivity index (χ0n) is 20.8. The van der Waals surface area contributed by atoms with Gasteiger partial charge in [0.1, 0.15) is 12.6 Å². The van der Waals surface area contributed by atoms with Crippen molar-refractivity contribution < 1.29 is 23.7 Å². The number of esters is 1. The first-order valence-corrected chi connectivity index (χ1v) is 12.8. The Morgan fingerprint density at radius 1 is 1.18 bits per heavy atom. The SMILES string of the molecule is CCOC(=O)C[C@@H](CC(C)C)C(=O)N[C@H]1CC2C=[N+](CCCCCCNC1=O)c1ccccc12. The minimum atomic E-state index is -0.667. The number of nitrogens with zero attached hydrogens (tertiary/aromatic N) is 1. The van der Waals surface area contributed by atoms with Crippen LogP contribution in [0, 0.1) is 11.8 Å². The van der Waals surface area contributed by atoms with Crippen molar-refractivity contribution in [3.05, 3.63) is 29.8 Å². The third-order valence-corrected chi connectivity index (χ3v) is 6.60. The second-order valence-electron chi connectivity index (χ2n) is 9.85. The van der Waals surface area contributed by atoms with Crippen molar-refractivity contribution in [2.45, 2.75) is 77.7 Å². The molecule has 2 amide bonds. The highest BCUT2D eigenvalue weighted by atomic mass is 16.5. The van der Waals surface area contributed by atoms with Crippen molar-refractivity contribution in [3.63, 3.8) is 0 Å². The summed E-state index contributed by atoms with van der Waals surface area (Å²) in [6.07, 6.45) is 7.50. The summed E-state index contributed by atoms with van der Waals surface area (Å²) in [6.45, 7) is 7.66. The Morgan fingerprint density at radius 3 is 2.71 bits per heavy atom. The van der Waals surface area contributed by atoms with Crippen molar-refractivity contribution in [2.75, 3.05) is 19.7 Å². The average Bonchev–Trinajstić information content (AvgIpc) is 3.14. The smallest absolute Gasteiger partial charge is 0.306 e. The number of carbonyl (C=O) groups is 3. The van der Waals surface area contributed by atoms with E-state index < -0.39 is 12.0 Å². The summed E-state index contributed by atoms with van der Waals surface area (Å²) in [5.74, 6) is -1.03. The standard InChI is InChI=1S/C27H39N3O4/c1-4-34-25(31)17-20(15-19(2)3)26(32)29-23-16-21-18-30(24-12-8-7-11-22(21)24)14-10-6-5-9-13-28-27(23)33/h7-8,11-12,18-21,23H,4-6,9-10,13-17H2,1-3H3,(H-,28,29,32,33)/p+1/t20-,21?,23+/m1/s1. The molecule has 3 atom stereocenters. The van der Waals surface area contributed by atoms with E-state index >= 15 is 0 Å². The number of rotatable bonds is 7. The Labute approximate surface area is 203 Å². The Hall–Kier alpha value is -2.70. The average molecular weight is 471 g/mol. The van der Waals surface area contributed by atoms with Crippen LogP contribution in [0.25, 0.3) is 0 Å². The number of fused-ring (bicyclic) bond motifs is 4. The summed E-state index contributed by atoms with van der Waals surface area (Å²) < 4.78 is 7.39. The van der Waals surface area contributed by atoms with E-state index in [9.17, 15) is 14.4 Å². The molecule has 0 aliphatic carbocycles. The number of hydrogen-bond donors (Lipinski definition) is 2. The highest BCUT2D eigenvalue weighted by Crippen LogP contribution is 2.34. The fourth-order valence-corrected chi connectivity index (χ4v) is 4.97. The molecule has 34 heavy (non-hydrogen) atoms. The molecule has 0 radical (unpaired) electrons. The predicted molar refractivity (Wildman–Crippen MR) is 132 cm³/mol. The first kappa shape index (κ1) is 25.9. The summed E-state index contributed by atoms with van der Waals surface area (Å²) >= 11 is 0. The first-order valence-electron chi connectivity index (χ1n) is 12.8. The molecule has 3 rings (SSSR count). The Balaban J connectivity index is 1.81. The third kappa shape index (κ3) is 7.15. The van der Waals surface area contributed by atoms with E-state index in [1.165, 1.54) is 11.3 Å². The normalized spacial score (nSPS) is 21.8. The lowest BCUT2D eigenvalue weighted by molar-refractivity contribution is -0.433. The monoisotopic (exact) mass is 470 g/mol. The highest BCUT2D eigenvalue weighted by Gasteiger charge is 2.35. The number of benzene rings is 1. The number of carbonyl (C=O) groups excluding carboxylic acids is 3. The molecule has 0 aromatic heterocycles. The summed E-state index contributed by atoms with van der Waals surface area (Å²) in [7, 11) is 0. The van der Waals surface area contributed by atoms with Gasteiger partial charge in [-0.05, 0) is 38.5 Å². The molecule has 0 spiro atoms. The maximum atomic E-state index is 13.3. The molecule has 186 valence electrons. The molecular weight excluding hydrogens is 430 g/mol. The van der Waals surface area contributed by atoms with Crippen molar-refractivity contribution >= 4 is 29.7 Å². The van der Waals surface area contributed by atoms with E-state index in [2.05, 4.69) is 33.6 Å². The van der Waals surface area contributed by atoms with Crippen LogP contribution in [0.1, 0.15) is 77.2 Å². The van der Waals surface area contributed by atoms with Crippen LogP contribution in [0.2, 0.25) is 0 Å². The van der Waals surface area contributed by atoms with E-state index in [1.807, 2.05) is 26.0 Å². The molecule has 2 N–H and O–H groups in total. The molecule has 1 aromatic carbocycles. The molecule has 2 bridgehead atoms. The second kappa shape index (κ2) is 12.7. The number of ether oxygens (including phenoxy) is 1. The Bertz CT molecular complexity index is 896. The molecule has 2 aliphatic heterocycles. The van der Waals surface area contributed by atoms with Gasteiger partial charge in [-0.25, -0.2) is 4.58 Å². The lowest BCUT2D eigenvalue weighted by Gasteiger charge is -2.24. The number of nitrogens with one attached hydrogen (secondary N) is 2. The third-order valence-electron chi connectivity index (χ3n) is 6.60. The van der Waals surface area contributed by atoms with Gasteiger partial charge < -0.3 is 15.4 Å². The Kier molecular flexibility index (Phi) is 9.66. The number of amides is 2. The van der Waals surface area contributed by atoms with E-state index in [4.69, 9.17) is 4.74 Å². The van der Waals surface area contributed by atoms with Crippen LogP contribution in [0.3, 0.4) is 0 Å². The zero-order chi connectivity index (χ0) is 24.5. The molecule has 1 unspecified atom stereocenters. The van der Waals surface area contributed by atoms with Gasteiger partial charge in [-0.1, -0.05) is 38.5 Å². The maximum Gasteiger partial charge on any atom is 0.306 e. The van der Waals surface area contributed by atoms with Gasteiger partial charge in [0.2, 0.25) is 17.5 Å². The molecule has 0 fully saturated rings. The summed E-state index contributed by atoms with van der Waals surface area (Å²) in [5.41, 5.74) is 2.38. The molecule has 2 aliphatic rings. The fraction of sp³-hybridized carbons (Fsp3) is 0.630. The first-order chi connectivity index (χ1) is 16.4. The van der Waals surface area contributed by atoms with Gasteiger partial charge in [0.15, 0.2) is 6.21 Å². The number of para-hydroxylation sites is 1. The van der Waals surface area contributed by atoms with E-state index in [0.717, 1.165) is 32.2 Å². The van der Waals surface area contributed by atoms with Crippen LogP contribution in [0.4, 0.5) is 5.69 Å². The molecule has 0 saturated carbocycles. The van der Waals surface area contributed by atoms with Crippen LogP contribution in [0.5, 0.6) is 0 Å². The van der Waals surface area contributed by atoms with Crippen LogP contribution in [-0.4, -0.2) is 54.3 Å². The van der Waals surface area contributed by atoms with Gasteiger partial charge in [0.05, 0.1) is 18.9 Å². The molecule has 2 heterocycles. The van der Waals surface area contributed by atoms with Crippen molar-refractivity contribution in [3.8, 4) is 0 Å². The summed E-state index contributed by atoms with van der Waals surface area (Å²) in [4.78, 5) is 38.6. The van der Waals surface area contributed by atoms with Crippen molar-refractivity contribution in [1.82, 2.24) is 10.6 Å². The van der Waals surface area contributed by atoms with Gasteiger partial charge in [0.25, 0.3) is 0 Å².